The molecule has 3 heteroatoms. The zero-order chi connectivity index (χ0) is 13.6. The molecule has 0 atom stereocenters. The van der Waals surface area contributed by atoms with E-state index in [9.17, 15) is 0 Å². The fourth-order valence-electron chi connectivity index (χ4n) is 1.86. The van der Waals surface area contributed by atoms with E-state index in [0.717, 1.165) is 25.3 Å². The average Bonchev–Trinajstić information content (AvgIpc) is 2.46. The molecule has 0 unspecified atom stereocenters. The Bertz CT molecular complexity index is 290. The predicted octanol–water partition coefficient (Wildman–Crippen LogP) is 4.76. The molecule has 0 bridgehead atoms. The SMILES string of the molecule is ClCCCCCCCCOCOCc1ccccc1. The lowest BCUT2D eigenvalue weighted by atomic mass is 10.1. The molecular formula is C16H25ClO2. The molecule has 0 aliphatic rings. The van der Waals surface area contributed by atoms with E-state index in [2.05, 4.69) is 12.1 Å². The van der Waals surface area contributed by atoms with Crippen molar-refractivity contribution in [2.45, 2.75) is 45.1 Å². The van der Waals surface area contributed by atoms with Crippen molar-refractivity contribution in [1.82, 2.24) is 0 Å². The third-order valence-electron chi connectivity index (χ3n) is 2.95. The van der Waals surface area contributed by atoms with Gasteiger partial charge >= 0.3 is 0 Å². The van der Waals surface area contributed by atoms with Gasteiger partial charge in [-0.25, -0.2) is 0 Å². The second kappa shape index (κ2) is 12.5. The van der Waals surface area contributed by atoms with Gasteiger partial charge in [0.15, 0.2) is 0 Å². The van der Waals surface area contributed by atoms with Gasteiger partial charge in [0.1, 0.15) is 6.79 Å². The molecule has 2 nitrogen and oxygen atoms in total. The third kappa shape index (κ3) is 9.94. The molecule has 1 aromatic rings. The predicted molar refractivity (Wildman–Crippen MR) is 80.5 cm³/mol. The van der Waals surface area contributed by atoms with Crippen molar-refractivity contribution < 1.29 is 9.47 Å². The van der Waals surface area contributed by atoms with E-state index >= 15 is 0 Å². The number of hydrogen-bond donors (Lipinski definition) is 0. The summed E-state index contributed by atoms with van der Waals surface area (Å²) < 4.78 is 10.9. The molecule has 0 fully saturated rings. The molecule has 0 amide bonds. The fourth-order valence-corrected chi connectivity index (χ4v) is 2.05. The fraction of sp³-hybridized carbons (Fsp3) is 0.625. The van der Waals surface area contributed by atoms with Gasteiger partial charge in [0, 0.05) is 12.5 Å². The largest absolute Gasteiger partial charge is 0.355 e. The van der Waals surface area contributed by atoms with Crippen LogP contribution >= 0.6 is 11.6 Å². The highest BCUT2D eigenvalue weighted by molar-refractivity contribution is 6.17. The maximum absolute atomic E-state index is 5.62. The molecular weight excluding hydrogens is 260 g/mol. The summed E-state index contributed by atoms with van der Waals surface area (Å²) in [6.45, 7) is 1.81. The van der Waals surface area contributed by atoms with Gasteiger partial charge in [0.25, 0.3) is 0 Å². The molecule has 0 N–H and O–H groups in total. The van der Waals surface area contributed by atoms with Gasteiger partial charge in [0.2, 0.25) is 0 Å². The molecule has 1 aromatic carbocycles. The van der Waals surface area contributed by atoms with Crippen LogP contribution in [-0.4, -0.2) is 19.3 Å². The number of rotatable bonds is 12. The quantitative estimate of drug-likeness (QED) is 0.313. The Morgan fingerprint density at radius 1 is 0.789 bits per heavy atom. The van der Waals surface area contributed by atoms with Crippen LogP contribution in [0.4, 0.5) is 0 Å². The maximum Gasteiger partial charge on any atom is 0.147 e. The van der Waals surface area contributed by atoms with E-state index in [4.69, 9.17) is 21.1 Å². The minimum Gasteiger partial charge on any atom is -0.355 e. The first-order valence-electron chi connectivity index (χ1n) is 7.19. The minimum absolute atomic E-state index is 0.390. The van der Waals surface area contributed by atoms with Crippen LogP contribution in [-0.2, 0) is 16.1 Å². The van der Waals surface area contributed by atoms with Crippen molar-refractivity contribution in [3.05, 3.63) is 35.9 Å². The first kappa shape index (κ1) is 16.5. The maximum atomic E-state index is 5.62. The molecule has 0 saturated heterocycles. The Hall–Kier alpha value is -0.570. The Labute approximate surface area is 122 Å². The number of hydrogen-bond acceptors (Lipinski definition) is 2. The van der Waals surface area contributed by atoms with Gasteiger partial charge in [-0.1, -0.05) is 56.0 Å². The lowest BCUT2D eigenvalue weighted by Gasteiger charge is -2.06. The zero-order valence-corrected chi connectivity index (χ0v) is 12.4. The summed E-state index contributed by atoms with van der Waals surface area (Å²) in [5, 5.41) is 0. The number of benzene rings is 1. The smallest absolute Gasteiger partial charge is 0.147 e. The van der Waals surface area contributed by atoms with E-state index in [-0.39, 0.29) is 0 Å². The normalized spacial score (nSPS) is 10.8. The molecule has 0 aliphatic heterocycles. The number of ether oxygens (including phenoxy) is 2. The first-order chi connectivity index (χ1) is 9.43. The van der Waals surface area contributed by atoms with Gasteiger partial charge in [-0.3, -0.25) is 0 Å². The van der Waals surface area contributed by atoms with E-state index in [1.807, 2.05) is 18.2 Å². The lowest BCUT2D eigenvalue weighted by molar-refractivity contribution is -0.0623. The molecule has 0 aromatic heterocycles. The summed E-state index contributed by atoms with van der Waals surface area (Å²) >= 11 is 5.62. The summed E-state index contributed by atoms with van der Waals surface area (Å²) in [6.07, 6.45) is 7.33. The van der Waals surface area contributed by atoms with Gasteiger partial charge in [-0.2, -0.15) is 0 Å². The van der Waals surface area contributed by atoms with Crippen molar-refractivity contribution in [2.24, 2.45) is 0 Å². The van der Waals surface area contributed by atoms with Crippen LogP contribution in [0.2, 0.25) is 0 Å². The van der Waals surface area contributed by atoms with Crippen molar-refractivity contribution in [3.8, 4) is 0 Å². The van der Waals surface area contributed by atoms with E-state index in [0.29, 0.717) is 13.4 Å². The molecule has 0 heterocycles. The summed E-state index contributed by atoms with van der Waals surface area (Å²) in [5.74, 6) is 0.794. The van der Waals surface area contributed by atoms with Crippen molar-refractivity contribution in [1.29, 1.82) is 0 Å². The van der Waals surface area contributed by atoms with Crippen LogP contribution in [0.25, 0.3) is 0 Å². The minimum atomic E-state index is 0.390. The van der Waals surface area contributed by atoms with E-state index in [1.165, 1.54) is 31.2 Å². The second-order valence-electron chi connectivity index (χ2n) is 4.67. The highest BCUT2D eigenvalue weighted by Crippen LogP contribution is 2.06. The van der Waals surface area contributed by atoms with E-state index in [1.54, 1.807) is 0 Å². The Kier molecular flexibility index (Phi) is 10.8. The Morgan fingerprint density at radius 2 is 1.47 bits per heavy atom. The standard InChI is InChI=1S/C16H25ClO2/c17-12-8-3-1-2-4-9-13-18-15-19-14-16-10-6-5-7-11-16/h5-7,10-11H,1-4,8-9,12-15H2. The number of unbranched alkanes of at least 4 members (excludes halogenated alkanes) is 5. The molecule has 0 saturated carbocycles. The van der Waals surface area contributed by atoms with Crippen molar-refractivity contribution in [3.63, 3.8) is 0 Å². The van der Waals surface area contributed by atoms with Crippen LogP contribution in [0, 0.1) is 0 Å². The summed E-state index contributed by atoms with van der Waals surface area (Å²) in [5.41, 5.74) is 1.19. The Balaban J connectivity index is 1.79. The van der Waals surface area contributed by atoms with Crippen molar-refractivity contribution >= 4 is 11.6 Å². The molecule has 19 heavy (non-hydrogen) atoms. The zero-order valence-electron chi connectivity index (χ0n) is 11.7. The summed E-state index contributed by atoms with van der Waals surface area (Å²) in [6, 6.07) is 10.2. The summed E-state index contributed by atoms with van der Waals surface area (Å²) in [4.78, 5) is 0. The van der Waals surface area contributed by atoms with Gasteiger partial charge < -0.3 is 9.47 Å². The molecule has 0 aliphatic carbocycles. The lowest BCUT2D eigenvalue weighted by Crippen LogP contribution is -2.01. The Morgan fingerprint density at radius 3 is 2.21 bits per heavy atom. The van der Waals surface area contributed by atoms with Crippen LogP contribution in [0.15, 0.2) is 30.3 Å². The van der Waals surface area contributed by atoms with Crippen LogP contribution < -0.4 is 0 Å². The van der Waals surface area contributed by atoms with Gasteiger partial charge in [-0.15, -0.1) is 11.6 Å². The van der Waals surface area contributed by atoms with E-state index < -0.39 is 0 Å². The summed E-state index contributed by atoms with van der Waals surface area (Å²) in [7, 11) is 0. The van der Waals surface area contributed by atoms with Crippen LogP contribution in [0.5, 0.6) is 0 Å². The van der Waals surface area contributed by atoms with Gasteiger partial charge in [0.05, 0.1) is 6.61 Å². The monoisotopic (exact) mass is 284 g/mol. The number of alkyl halides is 1. The molecule has 0 radical (unpaired) electrons. The molecule has 0 spiro atoms. The average molecular weight is 285 g/mol. The van der Waals surface area contributed by atoms with Crippen LogP contribution in [0.3, 0.4) is 0 Å². The topological polar surface area (TPSA) is 18.5 Å². The second-order valence-corrected chi connectivity index (χ2v) is 5.05. The number of halogens is 1. The highest BCUT2D eigenvalue weighted by atomic mass is 35.5. The molecule has 108 valence electrons. The van der Waals surface area contributed by atoms with Gasteiger partial charge in [-0.05, 0) is 18.4 Å². The molecule has 1 rings (SSSR count). The highest BCUT2D eigenvalue weighted by Gasteiger charge is 1.93. The van der Waals surface area contributed by atoms with Crippen molar-refractivity contribution in [2.75, 3.05) is 19.3 Å². The van der Waals surface area contributed by atoms with Crippen LogP contribution in [0.1, 0.15) is 44.1 Å². The third-order valence-corrected chi connectivity index (χ3v) is 3.22. The first-order valence-corrected chi connectivity index (χ1v) is 7.72.